The molecule has 1 rings (SSSR count). The van der Waals surface area contributed by atoms with Crippen LogP contribution in [-0.2, 0) is 20.7 Å². The van der Waals surface area contributed by atoms with Gasteiger partial charge in [-0.25, -0.2) is 4.98 Å². The molecule has 1 unspecified atom stereocenters. The maximum Gasteiger partial charge on any atom is 0.318 e. The second kappa shape index (κ2) is 6.02. The summed E-state index contributed by atoms with van der Waals surface area (Å²) in [5.74, 6) is -1.20. The van der Waals surface area contributed by atoms with Crippen molar-refractivity contribution in [3.05, 3.63) is 10.6 Å². The van der Waals surface area contributed by atoms with Gasteiger partial charge in [0.1, 0.15) is 5.25 Å². The van der Waals surface area contributed by atoms with E-state index in [0.29, 0.717) is 10.0 Å². The van der Waals surface area contributed by atoms with Crippen molar-refractivity contribution in [3.8, 4) is 0 Å². The minimum atomic E-state index is -0.880. The number of hydrogen-bond donors (Lipinski definition) is 1. The number of carbonyl (C=O) groups excluding carboxylic acids is 1. The van der Waals surface area contributed by atoms with E-state index >= 15 is 0 Å². The molecule has 0 fully saturated rings. The summed E-state index contributed by atoms with van der Waals surface area (Å²) in [6, 6.07) is 0. The molecule has 1 N–H and O–H groups in total. The van der Waals surface area contributed by atoms with Gasteiger partial charge in [-0.2, -0.15) is 0 Å². The highest BCUT2D eigenvalue weighted by Gasteiger charge is 2.18. The van der Waals surface area contributed by atoms with Gasteiger partial charge in [0.25, 0.3) is 0 Å². The van der Waals surface area contributed by atoms with Crippen molar-refractivity contribution in [1.29, 1.82) is 0 Å². The Bertz CT molecular complexity index is 430. The molecule has 0 aliphatic rings. The third-order valence-corrected chi connectivity index (χ3v) is 4.33. The van der Waals surface area contributed by atoms with Crippen molar-refractivity contribution in [3.63, 3.8) is 0 Å². The Morgan fingerprint density at radius 3 is 2.76 bits per heavy atom. The first kappa shape index (κ1) is 14.0. The highest BCUT2D eigenvalue weighted by Crippen LogP contribution is 2.30. The molecule has 1 aromatic rings. The summed E-state index contributed by atoms with van der Waals surface area (Å²) in [4.78, 5) is 26.8. The summed E-state index contributed by atoms with van der Waals surface area (Å²) >= 11 is 2.59. The molecule has 0 aliphatic carbocycles. The van der Waals surface area contributed by atoms with E-state index in [-0.39, 0.29) is 17.6 Å². The van der Waals surface area contributed by atoms with Gasteiger partial charge in [0.2, 0.25) is 0 Å². The molecule has 0 amide bonds. The molecule has 0 aromatic carbocycles. The first-order chi connectivity index (χ1) is 7.93. The zero-order chi connectivity index (χ0) is 13.0. The van der Waals surface area contributed by atoms with Crippen LogP contribution in [0, 0.1) is 6.92 Å². The fourth-order valence-electron chi connectivity index (χ4n) is 1.12. The van der Waals surface area contributed by atoms with Gasteiger partial charge in [-0.3, -0.25) is 9.59 Å². The summed E-state index contributed by atoms with van der Waals surface area (Å²) in [6.45, 7) is 3.49. The number of rotatable bonds is 5. The van der Waals surface area contributed by atoms with Gasteiger partial charge in [-0.15, -0.1) is 11.3 Å². The minimum absolute atomic E-state index is 0.0311. The molecule has 17 heavy (non-hydrogen) atoms. The summed E-state index contributed by atoms with van der Waals surface area (Å²) in [6.07, 6.45) is -0.0311. The van der Waals surface area contributed by atoms with Crippen molar-refractivity contribution in [2.24, 2.45) is 0 Å². The molecule has 5 nitrogen and oxygen atoms in total. The van der Waals surface area contributed by atoms with Crippen molar-refractivity contribution in [2.45, 2.75) is 29.9 Å². The minimum Gasteiger partial charge on any atom is -0.481 e. The van der Waals surface area contributed by atoms with E-state index in [1.807, 2.05) is 0 Å². The van der Waals surface area contributed by atoms with Crippen LogP contribution in [0.25, 0.3) is 0 Å². The van der Waals surface area contributed by atoms with Gasteiger partial charge >= 0.3 is 11.9 Å². The predicted octanol–water partition coefficient (Wildman–Crippen LogP) is 1.73. The molecule has 1 atom stereocenters. The number of carbonyl (C=O) groups is 2. The average molecular weight is 275 g/mol. The molecule has 1 aromatic heterocycles. The molecular formula is C10H13NO4S2. The Balaban J connectivity index is 2.73. The number of hydrogen-bond acceptors (Lipinski definition) is 6. The van der Waals surface area contributed by atoms with Crippen LogP contribution in [-0.4, -0.2) is 34.4 Å². The SMILES string of the molecule is COC(=O)C(C)Sc1nc(C)c(CC(=O)O)s1. The van der Waals surface area contributed by atoms with E-state index in [2.05, 4.69) is 9.72 Å². The third kappa shape index (κ3) is 4.01. The van der Waals surface area contributed by atoms with Crippen LogP contribution >= 0.6 is 23.1 Å². The maximum absolute atomic E-state index is 11.2. The lowest BCUT2D eigenvalue weighted by atomic mass is 10.3. The molecular weight excluding hydrogens is 262 g/mol. The van der Waals surface area contributed by atoms with E-state index in [0.717, 1.165) is 4.88 Å². The largest absolute Gasteiger partial charge is 0.481 e. The number of nitrogens with zero attached hydrogens (tertiary/aromatic N) is 1. The predicted molar refractivity (Wildman–Crippen MR) is 65.5 cm³/mol. The van der Waals surface area contributed by atoms with Crippen LogP contribution in [0.15, 0.2) is 4.34 Å². The van der Waals surface area contributed by atoms with Gasteiger partial charge in [0.15, 0.2) is 4.34 Å². The fourth-order valence-corrected chi connectivity index (χ4v) is 3.51. The number of aliphatic carboxylic acids is 1. The van der Waals surface area contributed by atoms with Crippen molar-refractivity contribution < 1.29 is 19.4 Å². The van der Waals surface area contributed by atoms with Crippen LogP contribution in [0.1, 0.15) is 17.5 Å². The highest BCUT2D eigenvalue weighted by molar-refractivity contribution is 8.02. The number of thioether (sulfide) groups is 1. The zero-order valence-electron chi connectivity index (χ0n) is 9.72. The van der Waals surface area contributed by atoms with E-state index in [1.54, 1.807) is 13.8 Å². The highest BCUT2D eigenvalue weighted by atomic mass is 32.2. The Morgan fingerprint density at radius 2 is 2.24 bits per heavy atom. The van der Waals surface area contributed by atoms with Crippen molar-refractivity contribution in [2.75, 3.05) is 7.11 Å². The van der Waals surface area contributed by atoms with Gasteiger partial charge in [0, 0.05) is 4.88 Å². The summed E-state index contributed by atoms with van der Waals surface area (Å²) < 4.78 is 5.30. The fraction of sp³-hybridized carbons (Fsp3) is 0.500. The van der Waals surface area contributed by atoms with Gasteiger partial charge < -0.3 is 9.84 Å². The van der Waals surface area contributed by atoms with E-state index < -0.39 is 5.97 Å². The lowest BCUT2D eigenvalue weighted by molar-refractivity contribution is -0.139. The third-order valence-electron chi connectivity index (χ3n) is 2.00. The molecule has 1 heterocycles. The summed E-state index contributed by atoms with van der Waals surface area (Å²) in [7, 11) is 1.34. The number of methoxy groups -OCH3 is 1. The monoisotopic (exact) mass is 275 g/mol. The van der Waals surface area contributed by atoms with E-state index in [9.17, 15) is 9.59 Å². The number of carboxylic acid groups (broad SMARTS) is 1. The zero-order valence-corrected chi connectivity index (χ0v) is 11.4. The van der Waals surface area contributed by atoms with Gasteiger partial charge in [-0.05, 0) is 13.8 Å². The van der Waals surface area contributed by atoms with Crippen LogP contribution in [0.3, 0.4) is 0 Å². The van der Waals surface area contributed by atoms with Gasteiger partial charge in [-0.1, -0.05) is 11.8 Å². The second-order valence-electron chi connectivity index (χ2n) is 3.34. The van der Waals surface area contributed by atoms with E-state index in [1.165, 1.54) is 30.2 Å². The Hall–Kier alpha value is -1.08. The van der Waals surface area contributed by atoms with Crippen LogP contribution in [0.2, 0.25) is 0 Å². The molecule has 0 saturated heterocycles. The topological polar surface area (TPSA) is 76.5 Å². The lowest BCUT2D eigenvalue weighted by Crippen LogP contribution is -2.14. The standard InChI is InChI=1S/C10H13NO4S2/c1-5-7(4-8(12)13)17-10(11-5)16-6(2)9(14)15-3/h6H,4H2,1-3H3,(H,12,13). The van der Waals surface area contributed by atoms with Crippen LogP contribution < -0.4 is 0 Å². The lowest BCUT2D eigenvalue weighted by Gasteiger charge is -2.05. The second-order valence-corrected chi connectivity index (χ2v) is 6.01. The number of esters is 1. The number of aromatic nitrogens is 1. The molecule has 7 heteroatoms. The molecule has 94 valence electrons. The Morgan fingerprint density at radius 1 is 1.59 bits per heavy atom. The first-order valence-corrected chi connectivity index (χ1v) is 6.56. The smallest absolute Gasteiger partial charge is 0.318 e. The molecule has 0 saturated carbocycles. The number of carboxylic acids is 1. The summed E-state index contributed by atoms with van der Waals surface area (Å²) in [5.41, 5.74) is 0.706. The number of aryl methyl sites for hydroxylation is 1. The number of thiazole rings is 1. The molecule has 0 spiro atoms. The van der Waals surface area contributed by atoms with Crippen molar-refractivity contribution >= 4 is 35.0 Å². The average Bonchev–Trinajstić information content (AvgIpc) is 2.57. The van der Waals surface area contributed by atoms with Crippen molar-refractivity contribution in [1.82, 2.24) is 4.98 Å². The Labute approximate surface area is 107 Å². The molecule has 0 bridgehead atoms. The normalized spacial score (nSPS) is 12.2. The maximum atomic E-state index is 11.2. The van der Waals surface area contributed by atoms with Gasteiger partial charge in [0.05, 0.1) is 19.2 Å². The first-order valence-electron chi connectivity index (χ1n) is 4.86. The summed E-state index contributed by atoms with van der Waals surface area (Å²) in [5, 5.41) is 8.36. The quantitative estimate of drug-likeness (QED) is 0.651. The van der Waals surface area contributed by atoms with Crippen LogP contribution in [0.4, 0.5) is 0 Å². The molecule has 0 aliphatic heterocycles. The molecule has 0 radical (unpaired) electrons. The van der Waals surface area contributed by atoms with E-state index in [4.69, 9.17) is 5.11 Å². The Kier molecular flexibility index (Phi) is 4.95. The van der Waals surface area contributed by atoms with Crippen LogP contribution in [0.5, 0.6) is 0 Å². The number of ether oxygens (including phenoxy) is 1.